The van der Waals surface area contributed by atoms with E-state index in [2.05, 4.69) is 9.72 Å². The molecule has 20 heavy (non-hydrogen) atoms. The van der Waals surface area contributed by atoms with Crippen LogP contribution in [0.3, 0.4) is 0 Å². The van der Waals surface area contributed by atoms with Gasteiger partial charge in [0.05, 0.1) is 6.61 Å². The van der Waals surface area contributed by atoms with E-state index in [1.807, 2.05) is 12.1 Å². The van der Waals surface area contributed by atoms with Crippen LogP contribution in [0.5, 0.6) is 0 Å². The normalized spacial score (nSPS) is 11.8. The molecule has 0 saturated carbocycles. The number of pyridine rings is 1. The highest BCUT2D eigenvalue weighted by Crippen LogP contribution is 2.19. The number of hydrogen-bond acceptors (Lipinski definition) is 3. The van der Waals surface area contributed by atoms with E-state index in [1.165, 1.54) is 6.20 Å². The van der Waals surface area contributed by atoms with Crippen LogP contribution in [-0.4, -0.2) is 30.2 Å². The van der Waals surface area contributed by atoms with Gasteiger partial charge in [0.2, 0.25) is 0 Å². The predicted octanol–water partition coefficient (Wildman–Crippen LogP) is 3.39. The molecule has 3 nitrogen and oxygen atoms in total. The zero-order valence-corrected chi connectivity index (χ0v) is 10.5. The number of hydrogen-bond donors (Lipinski definition) is 0. The number of rotatable bonds is 5. The van der Waals surface area contributed by atoms with Gasteiger partial charge in [-0.1, -0.05) is 24.3 Å². The molecule has 0 spiro atoms. The SMILES string of the molecule is O=C(CCOCC(F)(F)F)c1cncc2ccccc12. The lowest BCUT2D eigenvalue weighted by Crippen LogP contribution is -2.18. The topological polar surface area (TPSA) is 39.2 Å². The molecule has 1 aromatic heterocycles. The van der Waals surface area contributed by atoms with Crippen molar-refractivity contribution in [2.24, 2.45) is 0 Å². The number of ketones is 1. The summed E-state index contributed by atoms with van der Waals surface area (Å²) in [6, 6.07) is 7.21. The van der Waals surface area contributed by atoms with Crippen molar-refractivity contribution in [3.05, 3.63) is 42.2 Å². The summed E-state index contributed by atoms with van der Waals surface area (Å²) in [6.45, 7) is -1.60. The first kappa shape index (κ1) is 14.5. The molecule has 0 radical (unpaired) electrons. The van der Waals surface area contributed by atoms with Crippen LogP contribution in [0, 0.1) is 0 Å². The van der Waals surface area contributed by atoms with Crippen LogP contribution in [0.4, 0.5) is 13.2 Å². The molecule has 0 amide bonds. The van der Waals surface area contributed by atoms with Gasteiger partial charge in [0.15, 0.2) is 5.78 Å². The van der Waals surface area contributed by atoms with Crippen molar-refractivity contribution in [3.63, 3.8) is 0 Å². The Morgan fingerprint density at radius 2 is 1.95 bits per heavy atom. The Morgan fingerprint density at radius 1 is 1.20 bits per heavy atom. The quantitative estimate of drug-likeness (QED) is 0.623. The van der Waals surface area contributed by atoms with Gasteiger partial charge in [-0.3, -0.25) is 9.78 Å². The van der Waals surface area contributed by atoms with E-state index >= 15 is 0 Å². The standard InChI is InChI=1S/C14H12F3NO2/c15-14(16,17)9-20-6-5-13(19)12-8-18-7-10-3-1-2-4-11(10)12/h1-4,7-8H,5-6,9H2. The van der Waals surface area contributed by atoms with Crippen LogP contribution >= 0.6 is 0 Å². The molecule has 1 aromatic carbocycles. The molecule has 106 valence electrons. The van der Waals surface area contributed by atoms with E-state index in [4.69, 9.17) is 0 Å². The Morgan fingerprint density at radius 3 is 2.70 bits per heavy atom. The maximum absolute atomic E-state index is 12.0. The molecule has 0 aliphatic carbocycles. The molecule has 0 aliphatic heterocycles. The largest absolute Gasteiger partial charge is 0.411 e. The second kappa shape index (κ2) is 6.00. The van der Waals surface area contributed by atoms with Crippen molar-refractivity contribution >= 4 is 16.6 Å². The molecule has 6 heteroatoms. The molecule has 2 rings (SSSR count). The van der Waals surface area contributed by atoms with Crippen molar-refractivity contribution in [2.75, 3.05) is 13.2 Å². The minimum Gasteiger partial charge on any atom is -0.372 e. The number of carbonyl (C=O) groups excluding carboxylic acids is 1. The molecular weight excluding hydrogens is 271 g/mol. The number of alkyl halides is 3. The third kappa shape index (κ3) is 3.77. The zero-order valence-electron chi connectivity index (χ0n) is 10.5. The average molecular weight is 283 g/mol. The van der Waals surface area contributed by atoms with Gasteiger partial charge in [-0.25, -0.2) is 0 Å². The summed E-state index contributed by atoms with van der Waals surface area (Å²) >= 11 is 0. The number of halogens is 3. The Balaban J connectivity index is 2.01. The molecule has 0 fully saturated rings. The highest BCUT2D eigenvalue weighted by Gasteiger charge is 2.27. The molecule has 1 heterocycles. The van der Waals surface area contributed by atoms with E-state index in [0.29, 0.717) is 5.56 Å². The van der Waals surface area contributed by atoms with Gasteiger partial charge in [-0.2, -0.15) is 13.2 Å². The summed E-state index contributed by atoms with van der Waals surface area (Å²) in [5.74, 6) is -0.281. The summed E-state index contributed by atoms with van der Waals surface area (Å²) in [4.78, 5) is 15.9. The lowest BCUT2D eigenvalue weighted by Gasteiger charge is -2.08. The first-order chi connectivity index (χ1) is 9.47. The van der Waals surface area contributed by atoms with E-state index in [0.717, 1.165) is 10.8 Å². The number of Topliss-reactive ketones (excluding diaryl/α,β-unsaturated/α-hetero) is 1. The fourth-order valence-corrected chi connectivity index (χ4v) is 1.83. The summed E-state index contributed by atoms with van der Waals surface area (Å²) in [5.41, 5.74) is 0.402. The fraction of sp³-hybridized carbons (Fsp3) is 0.286. The number of benzene rings is 1. The first-order valence-corrected chi connectivity index (χ1v) is 5.98. The summed E-state index contributed by atoms with van der Waals surface area (Å²) in [5, 5.41) is 1.55. The molecule has 2 aromatic rings. The highest BCUT2D eigenvalue weighted by atomic mass is 19.4. The van der Waals surface area contributed by atoms with Crippen LogP contribution in [0.2, 0.25) is 0 Å². The van der Waals surface area contributed by atoms with E-state index in [-0.39, 0.29) is 18.8 Å². The summed E-state index contributed by atoms with van der Waals surface area (Å²) in [7, 11) is 0. The fourth-order valence-electron chi connectivity index (χ4n) is 1.83. The minimum atomic E-state index is -4.37. The minimum absolute atomic E-state index is 0.105. The number of ether oxygens (including phenoxy) is 1. The van der Waals surface area contributed by atoms with Gasteiger partial charge in [0.25, 0.3) is 0 Å². The monoisotopic (exact) mass is 283 g/mol. The smallest absolute Gasteiger partial charge is 0.372 e. The predicted molar refractivity (Wildman–Crippen MR) is 67.6 cm³/mol. The first-order valence-electron chi connectivity index (χ1n) is 5.98. The van der Waals surface area contributed by atoms with E-state index < -0.39 is 12.8 Å². The lowest BCUT2D eigenvalue weighted by molar-refractivity contribution is -0.173. The molecule has 0 saturated heterocycles. The van der Waals surface area contributed by atoms with Crippen LogP contribution in [-0.2, 0) is 4.74 Å². The molecule has 0 N–H and O–H groups in total. The maximum Gasteiger partial charge on any atom is 0.411 e. The van der Waals surface area contributed by atoms with E-state index in [1.54, 1.807) is 18.3 Å². The Hall–Kier alpha value is -1.95. The number of nitrogens with zero attached hydrogens (tertiary/aromatic N) is 1. The highest BCUT2D eigenvalue weighted by molar-refractivity contribution is 6.07. The van der Waals surface area contributed by atoms with Gasteiger partial charge >= 0.3 is 6.18 Å². The van der Waals surface area contributed by atoms with Crippen molar-refractivity contribution in [2.45, 2.75) is 12.6 Å². The van der Waals surface area contributed by atoms with Crippen molar-refractivity contribution in [1.29, 1.82) is 0 Å². The Labute approximate surface area is 113 Å². The number of fused-ring (bicyclic) bond motifs is 1. The molecule has 0 aliphatic rings. The van der Waals surface area contributed by atoms with Crippen LogP contribution < -0.4 is 0 Å². The van der Waals surface area contributed by atoms with Gasteiger partial charge in [-0.05, 0) is 5.39 Å². The zero-order chi connectivity index (χ0) is 14.6. The van der Waals surface area contributed by atoms with Gasteiger partial charge in [0, 0.05) is 29.8 Å². The Bertz CT molecular complexity index is 605. The van der Waals surface area contributed by atoms with Crippen molar-refractivity contribution < 1.29 is 22.7 Å². The Kier molecular flexibility index (Phi) is 4.34. The summed E-state index contributed by atoms with van der Waals surface area (Å²) in [6.07, 6.45) is -1.42. The summed E-state index contributed by atoms with van der Waals surface area (Å²) < 4.78 is 40.1. The third-order valence-electron chi connectivity index (χ3n) is 2.71. The van der Waals surface area contributed by atoms with Gasteiger partial charge in [-0.15, -0.1) is 0 Å². The third-order valence-corrected chi connectivity index (χ3v) is 2.71. The molecule has 0 atom stereocenters. The average Bonchev–Trinajstić information content (AvgIpc) is 2.41. The van der Waals surface area contributed by atoms with Gasteiger partial charge < -0.3 is 4.74 Å². The van der Waals surface area contributed by atoms with Crippen molar-refractivity contribution in [1.82, 2.24) is 4.98 Å². The molecule has 0 bridgehead atoms. The van der Waals surface area contributed by atoms with E-state index in [9.17, 15) is 18.0 Å². The number of aromatic nitrogens is 1. The van der Waals surface area contributed by atoms with Crippen LogP contribution in [0.1, 0.15) is 16.8 Å². The van der Waals surface area contributed by atoms with Gasteiger partial charge in [0.1, 0.15) is 6.61 Å². The molecular formula is C14H12F3NO2. The second-order valence-corrected chi connectivity index (χ2v) is 4.25. The van der Waals surface area contributed by atoms with Crippen LogP contribution in [0.25, 0.3) is 10.8 Å². The number of carbonyl (C=O) groups is 1. The maximum atomic E-state index is 12.0. The van der Waals surface area contributed by atoms with Crippen LogP contribution in [0.15, 0.2) is 36.7 Å². The van der Waals surface area contributed by atoms with Crippen molar-refractivity contribution in [3.8, 4) is 0 Å². The molecule has 0 unspecified atom stereocenters. The lowest BCUT2D eigenvalue weighted by atomic mass is 10.0. The second-order valence-electron chi connectivity index (χ2n) is 4.25.